The molecule has 0 spiro atoms. The van der Waals surface area contributed by atoms with Crippen LogP contribution in [0.2, 0.25) is 0 Å². The average molecular weight is 255 g/mol. The molecule has 2 rings (SSSR count). The van der Waals surface area contributed by atoms with Crippen LogP contribution in [0.5, 0.6) is 0 Å². The lowest BCUT2D eigenvalue weighted by Gasteiger charge is -2.05. The van der Waals surface area contributed by atoms with Gasteiger partial charge in [-0.05, 0) is 12.1 Å². The summed E-state index contributed by atoms with van der Waals surface area (Å²) in [5.41, 5.74) is 4.92. The number of primary amides is 1. The molecule has 5 heteroatoms. The summed E-state index contributed by atoms with van der Waals surface area (Å²) >= 11 is 0. The van der Waals surface area contributed by atoms with Gasteiger partial charge in [0, 0.05) is 0 Å². The number of carbonyl (C=O) groups excluding carboxylic acids is 1. The van der Waals surface area contributed by atoms with E-state index in [1.54, 1.807) is 6.07 Å². The highest BCUT2D eigenvalue weighted by Gasteiger charge is 2.11. The molecule has 0 bridgehead atoms. The average Bonchev–Trinajstić information content (AvgIpc) is 2.15. The van der Waals surface area contributed by atoms with E-state index < -0.39 is 11.9 Å². The van der Waals surface area contributed by atoms with Crippen molar-refractivity contribution in [3.05, 3.63) is 35.4 Å². The van der Waals surface area contributed by atoms with E-state index >= 15 is 0 Å². The lowest BCUT2D eigenvalue weighted by Crippen LogP contribution is -2.15. The highest BCUT2D eigenvalue weighted by Crippen LogP contribution is 2.15. The van der Waals surface area contributed by atoms with Gasteiger partial charge in [0.1, 0.15) is 0 Å². The third kappa shape index (κ3) is 4.96. The van der Waals surface area contributed by atoms with Gasteiger partial charge < -0.3 is 10.8 Å². The van der Waals surface area contributed by atoms with Crippen molar-refractivity contribution in [1.82, 2.24) is 0 Å². The van der Waals surface area contributed by atoms with Crippen LogP contribution in [-0.2, 0) is 0 Å². The predicted octanol–water partition coefficient (Wildman–Crippen LogP) is 2.10. The SMILES string of the molecule is C1CCC1.NC(=O)c1ccccc1C(=O)O.P. The Kier molecular flexibility index (Phi) is 7.15. The number of nitrogens with two attached hydrogens (primary N) is 1. The number of carboxylic acids is 1. The smallest absolute Gasteiger partial charge is 0.336 e. The monoisotopic (exact) mass is 255 g/mol. The number of carboxylic acid groups (broad SMARTS) is 1. The van der Waals surface area contributed by atoms with Gasteiger partial charge in [0.05, 0.1) is 11.1 Å². The van der Waals surface area contributed by atoms with E-state index in [1.807, 2.05) is 0 Å². The van der Waals surface area contributed by atoms with Gasteiger partial charge in [0.15, 0.2) is 0 Å². The van der Waals surface area contributed by atoms with Gasteiger partial charge in [0.2, 0.25) is 5.91 Å². The van der Waals surface area contributed by atoms with Crippen molar-refractivity contribution in [1.29, 1.82) is 0 Å². The Morgan fingerprint density at radius 1 is 1.00 bits per heavy atom. The first-order valence-corrected chi connectivity index (χ1v) is 5.25. The Morgan fingerprint density at radius 3 is 1.65 bits per heavy atom. The summed E-state index contributed by atoms with van der Waals surface area (Å²) in [6.45, 7) is 0. The molecule has 1 atom stereocenters. The lowest BCUT2D eigenvalue weighted by atomic mass is 10.0. The number of benzene rings is 1. The molecule has 4 nitrogen and oxygen atoms in total. The number of carbonyl (C=O) groups is 2. The maximum absolute atomic E-state index is 10.7. The van der Waals surface area contributed by atoms with E-state index in [-0.39, 0.29) is 21.0 Å². The number of hydrogen-bond donors (Lipinski definition) is 2. The Balaban J connectivity index is 0.000000433. The molecule has 17 heavy (non-hydrogen) atoms. The van der Waals surface area contributed by atoms with Gasteiger partial charge >= 0.3 is 5.97 Å². The van der Waals surface area contributed by atoms with Crippen LogP contribution in [-0.4, -0.2) is 17.0 Å². The van der Waals surface area contributed by atoms with Crippen LogP contribution >= 0.6 is 9.90 Å². The van der Waals surface area contributed by atoms with E-state index in [9.17, 15) is 9.59 Å². The minimum Gasteiger partial charge on any atom is -0.478 e. The minimum absolute atomic E-state index is 0. The highest BCUT2D eigenvalue weighted by atomic mass is 31.0. The molecule has 1 fully saturated rings. The fourth-order valence-corrected chi connectivity index (χ4v) is 1.13. The third-order valence-electron chi connectivity index (χ3n) is 2.42. The van der Waals surface area contributed by atoms with E-state index in [0.29, 0.717) is 0 Å². The second kappa shape index (κ2) is 7.80. The summed E-state index contributed by atoms with van der Waals surface area (Å²) in [5.74, 6) is -1.88. The summed E-state index contributed by atoms with van der Waals surface area (Å²) in [7, 11) is 0. The van der Waals surface area contributed by atoms with E-state index in [0.717, 1.165) is 0 Å². The molecular weight excluding hydrogens is 237 g/mol. The van der Waals surface area contributed by atoms with Crippen LogP contribution in [0.4, 0.5) is 0 Å². The van der Waals surface area contributed by atoms with Crippen LogP contribution in [0.25, 0.3) is 0 Å². The maximum atomic E-state index is 10.7. The topological polar surface area (TPSA) is 80.4 Å². The van der Waals surface area contributed by atoms with Crippen LogP contribution in [0, 0.1) is 0 Å². The summed E-state index contributed by atoms with van der Waals surface area (Å²) in [4.78, 5) is 21.2. The molecule has 0 saturated heterocycles. The first-order valence-electron chi connectivity index (χ1n) is 5.25. The zero-order valence-electron chi connectivity index (χ0n) is 9.69. The molecule has 1 aromatic carbocycles. The van der Waals surface area contributed by atoms with Crippen LogP contribution in [0.15, 0.2) is 24.3 Å². The van der Waals surface area contributed by atoms with Crippen molar-refractivity contribution in [2.24, 2.45) is 5.73 Å². The van der Waals surface area contributed by atoms with E-state index in [4.69, 9.17) is 10.8 Å². The standard InChI is InChI=1S/C8H7NO3.C4H8.H3P/c9-7(10)5-3-1-2-4-6(5)8(11)12;1-2-4-3-1;/h1-4H,(H2,9,10)(H,11,12);1-4H2;1H3. The van der Waals surface area contributed by atoms with Crippen LogP contribution in [0.1, 0.15) is 46.4 Å². The van der Waals surface area contributed by atoms with Crippen molar-refractivity contribution in [3.8, 4) is 0 Å². The second-order valence-electron chi connectivity index (χ2n) is 3.63. The predicted molar refractivity (Wildman–Crippen MR) is 71.5 cm³/mol. The largest absolute Gasteiger partial charge is 0.478 e. The Morgan fingerprint density at radius 2 is 1.41 bits per heavy atom. The fraction of sp³-hybridized carbons (Fsp3) is 0.333. The summed E-state index contributed by atoms with van der Waals surface area (Å²) in [6, 6.07) is 5.82. The van der Waals surface area contributed by atoms with Gasteiger partial charge in [-0.1, -0.05) is 37.8 Å². The number of hydrogen-bond acceptors (Lipinski definition) is 2. The fourth-order valence-electron chi connectivity index (χ4n) is 1.13. The molecule has 0 aliphatic heterocycles. The maximum Gasteiger partial charge on any atom is 0.336 e. The Hall–Kier alpha value is -1.41. The summed E-state index contributed by atoms with van der Waals surface area (Å²) in [6.07, 6.45) is 6.00. The van der Waals surface area contributed by atoms with Crippen molar-refractivity contribution < 1.29 is 14.7 Å². The molecule has 1 aliphatic rings. The molecular formula is C12H18NO3P. The molecule has 94 valence electrons. The van der Waals surface area contributed by atoms with E-state index in [1.165, 1.54) is 43.9 Å². The van der Waals surface area contributed by atoms with Gasteiger partial charge in [-0.15, -0.1) is 0 Å². The summed E-state index contributed by atoms with van der Waals surface area (Å²) < 4.78 is 0. The molecule has 0 aromatic heterocycles. The quantitative estimate of drug-likeness (QED) is 0.794. The zero-order valence-corrected chi connectivity index (χ0v) is 11.1. The first kappa shape index (κ1) is 15.6. The minimum atomic E-state index is -1.15. The van der Waals surface area contributed by atoms with Crippen molar-refractivity contribution in [2.45, 2.75) is 25.7 Å². The zero-order chi connectivity index (χ0) is 12.0. The van der Waals surface area contributed by atoms with Gasteiger partial charge in [-0.25, -0.2) is 4.79 Å². The molecule has 1 amide bonds. The molecule has 0 heterocycles. The van der Waals surface area contributed by atoms with E-state index in [2.05, 4.69) is 0 Å². The normalized spacial score (nSPS) is 12.2. The third-order valence-corrected chi connectivity index (χ3v) is 2.42. The number of amides is 1. The number of aromatic carboxylic acids is 1. The molecule has 1 aliphatic carbocycles. The highest BCUT2D eigenvalue weighted by molar-refractivity contribution is 6.92. The number of rotatable bonds is 2. The van der Waals surface area contributed by atoms with Crippen LogP contribution in [0.3, 0.4) is 0 Å². The van der Waals surface area contributed by atoms with Crippen molar-refractivity contribution >= 4 is 21.8 Å². The Labute approximate surface area is 104 Å². The van der Waals surface area contributed by atoms with Crippen molar-refractivity contribution in [3.63, 3.8) is 0 Å². The van der Waals surface area contributed by atoms with Crippen molar-refractivity contribution in [2.75, 3.05) is 0 Å². The van der Waals surface area contributed by atoms with Gasteiger partial charge in [-0.2, -0.15) is 9.90 Å². The molecule has 1 unspecified atom stereocenters. The molecule has 0 radical (unpaired) electrons. The molecule has 3 N–H and O–H groups in total. The molecule has 1 saturated carbocycles. The lowest BCUT2D eigenvalue weighted by molar-refractivity contribution is 0.0692. The second-order valence-corrected chi connectivity index (χ2v) is 3.63. The van der Waals surface area contributed by atoms with Gasteiger partial charge in [-0.3, -0.25) is 4.79 Å². The Bertz CT molecular complexity index is 352. The molecule has 1 aromatic rings. The van der Waals surface area contributed by atoms with Gasteiger partial charge in [0.25, 0.3) is 0 Å². The first-order chi connectivity index (χ1) is 7.63. The summed E-state index contributed by atoms with van der Waals surface area (Å²) in [5, 5.41) is 8.61. The van der Waals surface area contributed by atoms with Crippen LogP contribution < -0.4 is 5.73 Å².